The van der Waals surface area contributed by atoms with Crippen molar-refractivity contribution in [1.29, 1.82) is 0 Å². The maximum atomic E-state index is 13.9. The van der Waals surface area contributed by atoms with Gasteiger partial charge >= 0.3 is 0 Å². The Kier molecular flexibility index (Phi) is 3.28. The number of phenols is 2. The van der Waals surface area contributed by atoms with Gasteiger partial charge in [-0.05, 0) is 64.2 Å². The third-order valence-corrected chi connectivity index (χ3v) is 5.78. The van der Waals surface area contributed by atoms with Crippen LogP contribution in [0.5, 0.6) is 11.5 Å². The molecular weight excluding hydrogens is 336 g/mol. The van der Waals surface area contributed by atoms with E-state index in [1.54, 1.807) is 24.3 Å². The average Bonchev–Trinajstić information content (AvgIpc) is 2.95. The molecule has 3 nitrogen and oxygen atoms in total. The number of benzene rings is 3. The number of hydrogen-bond donors (Lipinski definition) is 2. The second-order valence-corrected chi connectivity index (χ2v) is 7.16. The Morgan fingerprint density at radius 3 is 1.96 bits per heavy atom. The van der Waals surface area contributed by atoms with E-state index in [-0.39, 0.29) is 17.3 Å². The van der Waals surface area contributed by atoms with Gasteiger partial charge in [-0.15, -0.1) is 0 Å². The van der Waals surface area contributed by atoms with E-state index in [4.69, 9.17) is 0 Å². The highest BCUT2D eigenvalue weighted by Gasteiger charge is 2.49. The van der Waals surface area contributed by atoms with Crippen LogP contribution in [0, 0.1) is 0 Å². The fourth-order valence-corrected chi connectivity index (χ4v) is 4.63. The molecule has 0 fully saturated rings. The molecular formula is C24H18O3. The zero-order valence-electron chi connectivity index (χ0n) is 14.6. The number of hydrogen-bond acceptors (Lipinski definition) is 3. The third kappa shape index (κ3) is 2.05. The van der Waals surface area contributed by atoms with Crippen LogP contribution in [-0.2, 0) is 10.2 Å². The van der Waals surface area contributed by atoms with Crippen LogP contribution in [-0.4, -0.2) is 16.0 Å². The summed E-state index contributed by atoms with van der Waals surface area (Å²) in [6.07, 6.45) is 3.79. The van der Waals surface area contributed by atoms with E-state index >= 15 is 0 Å². The molecule has 5 rings (SSSR count). The summed E-state index contributed by atoms with van der Waals surface area (Å²) < 4.78 is 0. The van der Waals surface area contributed by atoms with Crippen molar-refractivity contribution in [3.8, 4) is 11.5 Å². The Bertz CT molecular complexity index is 1140. The molecule has 3 aromatic carbocycles. The number of phenolic OH excluding ortho intramolecular Hbond substituents is 2. The quantitative estimate of drug-likeness (QED) is 0.744. The summed E-state index contributed by atoms with van der Waals surface area (Å²) >= 11 is 0. The predicted molar refractivity (Wildman–Crippen MR) is 104 cm³/mol. The SMILES string of the molecule is O=C1C2=c3c(cccc3=CCC2)C1(c1ccc(O)cc1)c1ccc(O)cc1. The zero-order chi connectivity index (χ0) is 18.6. The third-order valence-electron chi connectivity index (χ3n) is 5.78. The van der Waals surface area contributed by atoms with Crippen LogP contribution < -0.4 is 10.4 Å². The molecule has 0 heterocycles. The van der Waals surface area contributed by atoms with Gasteiger partial charge in [-0.1, -0.05) is 48.5 Å². The van der Waals surface area contributed by atoms with Crippen molar-refractivity contribution in [1.82, 2.24) is 0 Å². The van der Waals surface area contributed by atoms with E-state index in [0.29, 0.717) is 0 Å². The Morgan fingerprint density at radius 1 is 0.778 bits per heavy atom. The van der Waals surface area contributed by atoms with Crippen molar-refractivity contribution in [3.05, 3.63) is 93.9 Å². The van der Waals surface area contributed by atoms with Crippen LogP contribution in [0.2, 0.25) is 0 Å². The van der Waals surface area contributed by atoms with E-state index < -0.39 is 5.41 Å². The molecule has 0 unspecified atom stereocenters. The molecule has 0 saturated carbocycles. The van der Waals surface area contributed by atoms with Crippen molar-refractivity contribution < 1.29 is 15.0 Å². The van der Waals surface area contributed by atoms with Gasteiger partial charge in [0, 0.05) is 5.57 Å². The molecule has 0 saturated heterocycles. The molecule has 0 radical (unpaired) electrons. The molecule has 0 bridgehead atoms. The molecule has 2 aliphatic carbocycles. The van der Waals surface area contributed by atoms with Gasteiger partial charge in [-0.2, -0.15) is 0 Å². The molecule has 2 N–H and O–H groups in total. The van der Waals surface area contributed by atoms with Crippen molar-refractivity contribution in [2.75, 3.05) is 0 Å². The molecule has 132 valence electrons. The highest BCUT2D eigenvalue weighted by atomic mass is 16.3. The Hall–Kier alpha value is -3.33. The van der Waals surface area contributed by atoms with Crippen LogP contribution in [0.3, 0.4) is 0 Å². The number of aromatic hydroxyl groups is 2. The summed E-state index contributed by atoms with van der Waals surface area (Å²) in [5.41, 5.74) is 2.55. The summed E-state index contributed by atoms with van der Waals surface area (Å²) in [5.74, 6) is 0.427. The fraction of sp³-hybridized carbons (Fsp3) is 0.125. The summed E-state index contributed by atoms with van der Waals surface area (Å²) in [6.45, 7) is 0. The lowest BCUT2D eigenvalue weighted by atomic mass is 9.68. The van der Waals surface area contributed by atoms with Crippen LogP contribution in [0.4, 0.5) is 0 Å². The van der Waals surface area contributed by atoms with Gasteiger partial charge in [0.1, 0.15) is 16.9 Å². The minimum absolute atomic E-state index is 0.0921. The second-order valence-electron chi connectivity index (χ2n) is 7.16. The number of ketones is 1. The summed E-state index contributed by atoms with van der Waals surface area (Å²) in [6, 6.07) is 19.9. The molecule has 0 atom stereocenters. The zero-order valence-corrected chi connectivity index (χ0v) is 14.6. The van der Waals surface area contributed by atoms with Crippen LogP contribution in [0.15, 0.2) is 66.7 Å². The van der Waals surface area contributed by atoms with E-state index in [1.807, 2.05) is 36.4 Å². The molecule has 2 aliphatic rings. The van der Waals surface area contributed by atoms with Gasteiger partial charge in [-0.3, -0.25) is 4.79 Å². The lowest BCUT2D eigenvalue weighted by Crippen LogP contribution is -2.38. The van der Waals surface area contributed by atoms with E-state index in [0.717, 1.165) is 45.5 Å². The number of carbonyl (C=O) groups excluding carboxylic acids is 1. The molecule has 0 spiro atoms. The first-order valence-electron chi connectivity index (χ1n) is 9.09. The highest BCUT2D eigenvalue weighted by molar-refractivity contribution is 6.26. The smallest absolute Gasteiger partial charge is 0.178 e. The number of Topliss-reactive ketones (excluding diaryl/α,β-unsaturated/α-hetero) is 1. The number of carbonyl (C=O) groups is 1. The van der Waals surface area contributed by atoms with Gasteiger partial charge < -0.3 is 10.2 Å². The summed E-state index contributed by atoms with van der Waals surface area (Å²) in [7, 11) is 0. The monoisotopic (exact) mass is 354 g/mol. The lowest BCUT2D eigenvalue weighted by molar-refractivity contribution is -0.116. The summed E-state index contributed by atoms with van der Waals surface area (Å²) in [4.78, 5) is 13.9. The maximum absolute atomic E-state index is 13.9. The van der Waals surface area contributed by atoms with Crippen LogP contribution in [0.25, 0.3) is 11.6 Å². The molecule has 0 aromatic heterocycles. The molecule has 3 aromatic rings. The van der Waals surface area contributed by atoms with Gasteiger partial charge in [0.25, 0.3) is 0 Å². The van der Waals surface area contributed by atoms with Crippen molar-refractivity contribution in [3.63, 3.8) is 0 Å². The topological polar surface area (TPSA) is 57.5 Å². The van der Waals surface area contributed by atoms with Gasteiger partial charge in [0.05, 0.1) is 0 Å². The first-order valence-corrected chi connectivity index (χ1v) is 9.09. The lowest BCUT2D eigenvalue weighted by Gasteiger charge is -2.31. The van der Waals surface area contributed by atoms with E-state index in [1.165, 1.54) is 0 Å². The Morgan fingerprint density at radius 2 is 1.37 bits per heavy atom. The largest absolute Gasteiger partial charge is 0.508 e. The fourth-order valence-electron chi connectivity index (χ4n) is 4.63. The van der Waals surface area contributed by atoms with Gasteiger partial charge in [0.2, 0.25) is 0 Å². The van der Waals surface area contributed by atoms with Crippen LogP contribution >= 0.6 is 0 Å². The first kappa shape index (κ1) is 15.9. The Balaban J connectivity index is 1.92. The average molecular weight is 354 g/mol. The normalized spacial score (nSPS) is 16.7. The first-order chi connectivity index (χ1) is 13.1. The standard InChI is InChI=1S/C24H18O3/c25-18-11-7-16(8-12-18)24(17-9-13-19(26)14-10-17)21-6-2-4-15-3-1-5-20(22(15)21)23(24)27/h2-4,6-14,25-26H,1,5H2. The van der Waals surface area contributed by atoms with Crippen LogP contribution in [0.1, 0.15) is 29.5 Å². The van der Waals surface area contributed by atoms with E-state index in [9.17, 15) is 15.0 Å². The molecule has 0 aliphatic heterocycles. The molecule has 0 amide bonds. The van der Waals surface area contributed by atoms with Crippen molar-refractivity contribution >= 4 is 17.4 Å². The second kappa shape index (κ2) is 5.58. The van der Waals surface area contributed by atoms with Crippen molar-refractivity contribution in [2.24, 2.45) is 0 Å². The molecule has 3 heteroatoms. The number of rotatable bonds is 2. The maximum Gasteiger partial charge on any atom is 0.178 e. The van der Waals surface area contributed by atoms with Gasteiger partial charge in [-0.25, -0.2) is 0 Å². The predicted octanol–water partition coefficient (Wildman–Crippen LogP) is 2.74. The molecule has 27 heavy (non-hydrogen) atoms. The Labute approximate surface area is 156 Å². The minimum Gasteiger partial charge on any atom is -0.508 e. The van der Waals surface area contributed by atoms with Gasteiger partial charge in [0.15, 0.2) is 5.78 Å². The summed E-state index contributed by atoms with van der Waals surface area (Å²) in [5, 5.41) is 21.7. The minimum atomic E-state index is -0.958. The van der Waals surface area contributed by atoms with E-state index in [2.05, 4.69) is 12.1 Å². The highest BCUT2D eigenvalue weighted by Crippen LogP contribution is 2.45. The van der Waals surface area contributed by atoms with Crippen molar-refractivity contribution in [2.45, 2.75) is 18.3 Å².